The van der Waals surface area contributed by atoms with Gasteiger partial charge in [-0.2, -0.15) is 0 Å². The number of nitrogens with zero attached hydrogens (tertiary/aromatic N) is 3. The fourth-order valence-electron chi connectivity index (χ4n) is 3.48. The number of rotatable bonds is 7. The van der Waals surface area contributed by atoms with Crippen molar-refractivity contribution in [3.05, 3.63) is 59.7 Å². The molecule has 0 aliphatic carbocycles. The van der Waals surface area contributed by atoms with E-state index in [0.29, 0.717) is 6.54 Å². The van der Waals surface area contributed by atoms with Crippen molar-refractivity contribution >= 4 is 17.6 Å². The number of hydrogen-bond donors (Lipinski definition) is 2. The Morgan fingerprint density at radius 3 is 2.50 bits per heavy atom. The Labute approximate surface area is 178 Å². The Morgan fingerprint density at radius 1 is 1.13 bits per heavy atom. The van der Waals surface area contributed by atoms with E-state index < -0.39 is 5.97 Å². The highest BCUT2D eigenvalue weighted by Crippen LogP contribution is 2.15. The van der Waals surface area contributed by atoms with Crippen LogP contribution in [0.2, 0.25) is 0 Å². The number of aromatic carboxylic acids is 1. The number of methoxy groups -OCH3 is 1. The summed E-state index contributed by atoms with van der Waals surface area (Å²) in [6, 6.07) is 14.7. The summed E-state index contributed by atoms with van der Waals surface area (Å²) in [7, 11) is 1.66. The molecule has 0 unspecified atom stereocenters. The van der Waals surface area contributed by atoms with Gasteiger partial charge < -0.3 is 20.1 Å². The first-order valence-corrected chi connectivity index (χ1v) is 10.3. The number of carboxylic acid groups (broad SMARTS) is 1. The van der Waals surface area contributed by atoms with E-state index in [1.165, 1.54) is 0 Å². The molecule has 3 rings (SSSR count). The second kappa shape index (κ2) is 10.6. The Hall–Kier alpha value is -3.06. The summed E-state index contributed by atoms with van der Waals surface area (Å²) in [5.41, 5.74) is 2.16. The second-order valence-electron chi connectivity index (χ2n) is 7.33. The zero-order chi connectivity index (χ0) is 21.3. The summed E-state index contributed by atoms with van der Waals surface area (Å²) < 4.78 is 5.31. The number of piperazine rings is 1. The van der Waals surface area contributed by atoms with Gasteiger partial charge in [0.2, 0.25) is 0 Å². The van der Waals surface area contributed by atoms with Gasteiger partial charge in [-0.3, -0.25) is 4.90 Å². The van der Waals surface area contributed by atoms with Crippen LogP contribution in [0.25, 0.3) is 0 Å². The van der Waals surface area contributed by atoms with Crippen molar-refractivity contribution in [2.45, 2.75) is 19.9 Å². The minimum atomic E-state index is -0.930. The van der Waals surface area contributed by atoms with E-state index in [2.05, 4.69) is 22.0 Å². The minimum Gasteiger partial charge on any atom is -0.497 e. The van der Waals surface area contributed by atoms with Crippen molar-refractivity contribution < 1.29 is 14.6 Å². The topological polar surface area (TPSA) is 77.4 Å². The van der Waals surface area contributed by atoms with Crippen LogP contribution in [-0.4, -0.2) is 66.7 Å². The molecular weight excluding hydrogens is 380 g/mol. The molecule has 0 radical (unpaired) electrons. The van der Waals surface area contributed by atoms with Gasteiger partial charge in [0.15, 0.2) is 5.96 Å². The number of nitrogens with one attached hydrogen (secondary N) is 1. The van der Waals surface area contributed by atoms with Crippen molar-refractivity contribution in [1.29, 1.82) is 0 Å². The number of anilines is 1. The molecule has 7 heteroatoms. The molecule has 1 fully saturated rings. The lowest BCUT2D eigenvalue weighted by atomic mass is 10.2. The summed E-state index contributed by atoms with van der Waals surface area (Å²) in [6.07, 6.45) is 1.16. The average Bonchev–Trinajstić information content (AvgIpc) is 2.78. The van der Waals surface area contributed by atoms with Crippen LogP contribution in [0.3, 0.4) is 0 Å². The fraction of sp³-hybridized carbons (Fsp3) is 0.391. The second-order valence-corrected chi connectivity index (χ2v) is 7.33. The number of carbonyl (C=O) groups is 1. The van der Waals surface area contributed by atoms with Gasteiger partial charge in [0, 0.05) is 31.9 Å². The Bertz CT molecular complexity index is 859. The molecular formula is C23H30N4O3. The molecule has 1 aliphatic heterocycles. The van der Waals surface area contributed by atoms with Crippen molar-refractivity contribution in [1.82, 2.24) is 9.80 Å². The molecule has 2 N–H and O–H groups in total. The largest absolute Gasteiger partial charge is 0.497 e. The van der Waals surface area contributed by atoms with E-state index in [9.17, 15) is 4.79 Å². The molecule has 0 spiro atoms. The number of guanidine groups is 1. The summed E-state index contributed by atoms with van der Waals surface area (Å²) in [4.78, 5) is 20.7. The zero-order valence-electron chi connectivity index (χ0n) is 17.7. The molecule has 0 bridgehead atoms. The highest BCUT2D eigenvalue weighted by Gasteiger charge is 2.19. The zero-order valence-corrected chi connectivity index (χ0v) is 17.7. The lowest BCUT2D eigenvalue weighted by molar-refractivity contribution is 0.0697. The Morgan fingerprint density at radius 2 is 1.87 bits per heavy atom. The van der Waals surface area contributed by atoms with Gasteiger partial charge in [-0.15, -0.1) is 0 Å². The summed E-state index contributed by atoms with van der Waals surface area (Å²) in [5.74, 6) is 0.687. The number of benzene rings is 2. The third kappa shape index (κ3) is 5.97. The van der Waals surface area contributed by atoms with Gasteiger partial charge in [-0.1, -0.05) is 19.1 Å². The molecule has 0 amide bonds. The van der Waals surface area contributed by atoms with E-state index >= 15 is 0 Å². The number of carboxylic acids is 1. The van der Waals surface area contributed by atoms with E-state index in [0.717, 1.165) is 62.1 Å². The quantitative estimate of drug-likeness (QED) is 0.538. The summed E-state index contributed by atoms with van der Waals surface area (Å²) in [5, 5.41) is 12.5. The normalized spacial score (nSPS) is 15.1. The maximum atomic E-state index is 11.1. The molecule has 160 valence electrons. The number of aliphatic imine (C=N–C) groups is 1. The van der Waals surface area contributed by atoms with Crippen molar-refractivity contribution in [3.8, 4) is 5.75 Å². The van der Waals surface area contributed by atoms with E-state index in [1.54, 1.807) is 31.4 Å². The smallest absolute Gasteiger partial charge is 0.335 e. The number of ether oxygens (including phenoxy) is 1. The highest BCUT2D eigenvalue weighted by atomic mass is 16.5. The van der Waals surface area contributed by atoms with Gasteiger partial charge in [0.05, 0.1) is 19.2 Å². The lowest BCUT2D eigenvalue weighted by Gasteiger charge is -2.36. The van der Waals surface area contributed by atoms with Gasteiger partial charge in [0.1, 0.15) is 5.75 Å². The SMILES string of the molecule is CCCN1CCN(C(=NCc2cccc(OC)c2)Nc2ccc(C(=O)O)cc2)CC1. The van der Waals surface area contributed by atoms with Crippen molar-refractivity contribution in [2.75, 3.05) is 45.2 Å². The van der Waals surface area contributed by atoms with Crippen LogP contribution < -0.4 is 10.1 Å². The molecule has 0 atom stereocenters. The first kappa shape index (κ1) is 21.6. The summed E-state index contributed by atoms with van der Waals surface area (Å²) in [6.45, 7) is 7.66. The maximum Gasteiger partial charge on any atom is 0.335 e. The van der Waals surface area contributed by atoms with Crippen LogP contribution >= 0.6 is 0 Å². The van der Waals surface area contributed by atoms with Crippen LogP contribution in [0, 0.1) is 0 Å². The molecule has 7 nitrogen and oxygen atoms in total. The fourth-order valence-corrected chi connectivity index (χ4v) is 3.48. The molecule has 1 saturated heterocycles. The van der Waals surface area contributed by atoms with Crippen LogP contribution in [-0.2, 0) is 6.54 Å². The van der Waals surface area contributed by atoms with E-state index in [1.807, 2.05) is 24.3 Å². The van der Waals surface area contributed by atoms with Gasteiger partial charge >= 0.3 is 5.97 Å². The van der Waals surface area contributed by atoms with E-state index in [4.69, 9.17) is 14.8 Å². The van der Waals surface area contributed by atoms with Crippen LogP contribution in [0.5, 0.6) is 5.75 Å². The Kier molecular flexibility index (Phi) is 7.68. The van der Waals surface area contributed by atoms with Gasteiger partial charge in [-0.25, -0.2) is 9.79 Å². The van der Waals surface area contributed by atoms with Crippen LogP contribution in [0.1, 0.15) is 29.3 Å². The third-order valence-electron chi connectivity index (χ3n) is 5.15. The maximum absolute atomic E-state index is 11.1. The lowest BCUT2D eigenvalue weighted by Crippen LogP contribution is -2.50. The van der Waals surface area contributed by atoms with Crippen molar-refractivity contribution in [3.63, 3.8) is 0 Å². The third-order valence-corrected chi connectivity index (χ3v) is 5.15. The standard InChI is InChI=1S/C23H30N4O3/c1-3-11-26-12-14-27(15-13-26)23(24-17-18-5-4-6-21(16-18)30-2)25-20-9-7-19(8-10-20)22(28)29/h4-10,16H,3,11-15,17H2,1-2H3,(H,24,25)(H,28,29). The molecule has 0 aromatic heterocycles. The monoisotopic (exact) mass is 410 g/mol. The minimum absolute atomic E-state index is 0.267. The van der Waals surface area contributed by atoms with Crippen LogP contribution in [0.15, 0.2) is 53.5 Å². The van der Waals surface area contributed by atoms with Crippen molar-refractivity contribution in [2.24, 2.45) is 4.99 Å². The van der Waals surface area contributed by atoms with Gasteiger partial charge in [-0.05, 0) is 54.9 Å². The molecule has 2 aromatic carbocycles. The number of hydrogen-bond acceptors (Lipinski definition) is 4. The molecule has 0 saturated carbocycles. The predicted octanol–water partition coefficient (Wildman–Crippen LogP) is 3.39. The first-order valence-electron chi connectivity index (χ1n) is 10.3. The molecule has 1 heterocycles. The summed E-state index contributed by atoms with van der Waals surface area (Å²) >= 11 is 0. The predicted molar refractivity (Wildman–Crippen MR) is 119 cm³/mol. The van der Waals surface area contributed by atoms with Gasteiger partial charge in [0.25, 0.3) is 0 Å². The molecule has 30 heavy (non-hydrogen) atoms. The average molecular weight is 411 g/mol. The highest BCUT2D eigenvalue weighted by molar-refractivity contribution is 5.94. The molecule has 2 aromatic rings. The first-order chi connectivity index (χ1) is 14.6. The van der Waals surface area contributed by atoms with Crippen LogP contribution in [0.4, 0.5) is 5.69 Å². The molecule has 1 aliphatic rings. The van der Waals surface area contributed by atoms with E-state index in [-0.39, 0.29) is 5.56 Å². The Balaban J connectivity index is 1.76.